The van der Waals surface area contributed by atoms with Crippen molar-refractivity contribution in [3.63, 3.8) is 0 Å². The van der Waals surface area contributed by atoms with Gasteiger partial charge in [-0.25, -0.2) is 0 Å². The number of aryl methyl sites for hydroxylation is 1. The Morgan fingerprint density at radius 1 is 1.15 bits per heavy atom. The molecule has 1 aromatic rings. The molecule has 0 saturated heterocycles. The van der Waals surface area contributed by atoms with Crippen molar-refractivity contribution >= 4 is 0 Å². The van der Waals surface area contributed by atoms with E-state index in [4.69, 9.17) is 4.74 Å². The third-order valence-electron chi connectivity index (χ3n) is 4.19. The third-order valence-corrected chi connectivity index (χ3v) is 4.19. The number of nitrogens with one attached hydrogen (secondary N) is 1. The molecule has 1 aromatic carbocycles. The Labute approximate surface area is 124 Å². The van der Waals surface area contributed by atoms with Crippen LogP contribution in [0.1, 0.15) is 63.6 Å². The molecule has 1 atom stereocenters. The number of ether oxygens (including phenoxy) is 1. The van der Waals surface area contributed by atoms with Crippen molar-refractivity contribution in [3.8, 4) is 5.75 Å². The lowest BCUT2D eigenvalue weighted by atomic mass is 9.90. The minimum Gasteiger partial charge on any atom is -0.496 e. The maximum atomic E-state index is 5.36. The average Bonchev–Trinajstić information content (AvgIpc) is 2.47. The Morgan fingerprint density at radius 3 is 2.35 bits per heavy atom. The van der Waals surface area contributed by atoms with Gasteiger partial charge in [0.25, 0.3) is 0 Å². The van der Waals surface area contributed by atoms with Gasteiger partial charge < -0.3 is 10.1 Å². The standard InChI is InChI=1S/C18H31NO/c1-6-11-19-17(13-15(7-2)8-3)16-9-10-18(20-5)14(4)12-16/h9-10,12,15,17,19H,6-8,11,13H2,1-5H3. The van der Waals surface area contributed by atoms with Crippen molar-refractivity contribution < 1.29 is 4.74 Å². The van der Waals surface area contributed by atoms with Gasteiger partial charge in [0.15, 0.2) is 0 Å². The van der Waals surface area contributed by atoms with Crippen LogP contribution in [0.25, 0.3) is 0 Å². The normalized spacial score (nSPS) is 12.7. The van der Waals surface area contributed by atoms with Crippen LogP contribution in [0.4, 0.5) is 0 Å². The number of methoxy groups -OCH3 is 1. The molecule has 0 fully saturated rings. The van der Waals surface area contributed by atoms with Gasteiger partial charge in [0.2, 0.25) is 0 Å². The monoisotopic (exact) mass is 277 g/mol. The smallest absolute Gasteiger partial charge is 0.121 e. The zero-order valence-corrected chi connectivity index (χ0v) is 13.8. The molecule has 2 nitrogen and oxygen atoms in total. The van der Waals surface area contributed by atoms with Gasteiger partial charge in [-0.05, 0) is 49.4 Å². The Hall–Kier alpha value is -1.02. The fourth-order valence-electron chi connectivity index (χ4n) is 2.73. The van der Waals surface area contributed by atoms with Crippen LogP contribution < -0.4 is 10.1 Å². The summed E-state index contributed by atoms with van der Waals surface area (Å²) in [4.78, 5) is 0. The van der Waals surface area contributed by atoms with E-state index in [1.54, 1.807) is 7.11 Å². The maximum absolute atomic E-state index is 5.36. The maximum Gasteiger partial charge on any atom is 0.121 e. The Kier molecular flexibility index (Phi) is 7.68. The molecule has 0 aliphatic rings. The molecule has 0 aromatic heterocycles. The van der Waals surface area contributed by atoms with Crippen LogP contribution in [0.3, 0.4) is 0 Å². The molecule has 1 N–H and O–H groups in total. The highest BCUT2D eigenvalue weighted by molar-refractivity contribution is 5.37. The second-order valence-corrected chi connectivity index (χ2v) is 5.65. The molecule has 0 aliphatic heterocycles. The molecule has 0 heterocycles. The van der Waals surface area contributed by atoms with Crippen molar-refractivity contribution in [1.29, 1.82) is 0 Å². The molecule has 1 rings (SSSR count). The highest BCUT2D eigenvalue weighted by Gasteiger charge is 2.16. The second kappa shape index (κ2) is 9.02. The van der Waals surface area contributed by atoms with Crippen LogP contribution in [0.15, 0.2) is 18.2 Å². The van der Waals surface area contributed by atoms with Crippen LogP contribution in [-0.4, -0.2) is 13.7 Å². The minimum atomic E-state index is 0.462. The summed E-state index contributed by atoms with van der Waals surface area (Å²) in [5.74, 6) is 1.78. The zero-order valence-electron chi connectivity index (χ0n) is 13.8. The molecule has 0 aliphatic carbocycles. The molecule has 20 heavy (non-hydrogen) atoms. The summed E-state index contributed by atoms with van der Waals surface area (Å²) in [6, 6.07) is 7.04. The van der Waals surface area contributed by atoms with Crippen LogP contribution in [0, 0.1) is 12.8 Å². The van der Waals surface area contributed by atoms with Crippen LogP contribution in [0.5, 0.6) is 5.75 Å². The van der Waals surface area contributed by atoms with Crippen molar-refractivity contribution in [1.82, 2.24) is 5.32 Å². The fourth-order valence-corrected chi connectivity index (χ4v) is 2.73. The topological polar surface area (TPSA) is 21.3 Å². The van der Waals surface area contributed by atoms with Gasteiger partial charge in [-0.3, -0.25) is 0 Å². The molecule has 0 radical (unpaired) electrons. The molecule has 0 spiro atoms. The van der Waals surface area contributed by atoms with Gasteiger partial charge in [0, 0.05) is 6.04 Å². The van der Waals surface area contributed by atoms with Gasteiger partial charge in [-0.2, -0.15) is 0 Å². The summed E-state index contributed by atoms with van der Waals surface area (Å²) >= 11 is 0. The van der Waals surface area contributed by atoms with Crippen LogP contribution >= 0.6 is 0 Å². The molecule has 0 saturated carbocycles. The van der Waals surface area contributed by atoms with E-state index in [1.807, 2.05) is 0 Å². The van der Waals surface area contributed by atoms with Gasteiger partial charge >= 0.3 is 0 Å². The number of hydrogen-bond donors (Lipinski definition) is 1. The summed E-state index contributed by atoms with van der Waals surface area (Å²) in [5.41, 5.74) is 2.61. The van der Waals surface area contributed by atoms with Gasteiger partial charge in [0.1, 0.15) is 5.75 Å². The SMILES string of the molecule is CCCNC(CC(CC)CC)c1ccc(OC)c(C)c1. The molecule has 1 unspecified atom stereocenters. The first-order chi connectivity index (χ1) is 9.65. The molecule has 0 amide bonds. The summed E-state index contributed by atoms with van der Waals surface area (Å²) in [6.45, 7) is 10.0. The highest BCUT2D eigenvalue weighted by atomic mass is 16.5. The number of hydrogen-bond acceptors (Lipinski definition) is 2. The van der Waals surface area contributed by atoms with E-state index in [-0.39, 0.29) is 0 Å². The summed E-state index contributed by atoms with van der Waals surface area (Å²) in [5, 5.41) is 3.71. The lowest BCUT2D eigenvalue weighted by molar-refractivity contribution is 0.370. The van der Waals surface area contributed by atoms with Crippen molar-refractivity contribution in [2.24, 2.45) is 5.92 Å². The first-order valence-corrected chi connectivity index (χ1v) is 8.04. The van der Waals surface area contributed by atoms with E-state index in [2.05, 4.69) is 51.2 Å². The molecular weight excluding hydrogens is 246 g/mol. The minimum absolute atomic E-state index is 0.462. The number of rotatable bonds is 9. The summed E-state index contributed by atoms with van der Waals surface area (Å²) in [7, 11) is 1.74. The van der Waals surface area contributed by atoms with Gasteiger partial charge in [-0.15, -0.1) is 0 Å². The van der Waals surface area contributed by atoms with E-state index >= 15 is 0 Å². The average molecular weight is 277 g/mol. The summed E-state index contributed by atoms with van der Waals surface area (Å²) < 4.78 is 5.36. The van der Waals surface area contributed by atoms with Crippen LogP contribution in [-0.2, 0) is 0 Å². The molecule has 2 heteroatoms. The lowest BCUT2D eigenvalue weighted by Gasteiger charge is -2.24. The molecule has 0 bridgehead atoms. The predicted molar refractivity (Wildman–Crippen MR) is 87.5 cm³/mol. The quantitative estimate of drug-likeness (QED) is 0.695. The van der Waals surface area contributed by atoms with Gasteiger partial charge in [-0.1, -0.05) is 45.7 Å². The Balaban J connectivity index is 2.88. The van der Waals surface area contributed by atoms with E-state index in [0.29, 0.717) is 6.04 Å². The second-order valence-electron chi connectivity index (χ2n) is 5.65. The van der Waals surface area contributed by atoms with Gasteiger partial charge in [0.05, 0.1) is 7.11 Å². The van der Waals surface area contributed by atoms with E-state index < -0.39 is 0 Å². The highest BCUT2D eigenvalue weighted by Crippen LogP contribution is 2.28. The van der Waals surface area contributed by atoms with E-state index in [1.165, 1.54) is 36.8 Å². The fraction of sp³-hybridized carbons (Fsp3) is 0.667. The van der Waals surface area contributed by atoms with E-state index in [0.717, 1.165) is 18.2 Å². The lowest BCUT2D eigenvalue weighted by Crippen LogP contribution is -2.24. The van der Waals surface area contributed by atoms with Crippen molar-refractivity contribution in [2.45, 2.75) is 59.4 Å². The first-order valence-electron chi connectivity index (χ1n) is 8.04. The number of benzene rings is 1. The zero-order chi connectivity index (χ0) is 15.0. The van der Waals surface area contributed by atoms with Crippen LogP contribution in [0.2, 0.25) is 0 Å². The molecule has 114 valence electrons. The Morgan fingerprint density at radius 2 is 1.85 bits per heavy atom. The van der Waals surface area contributed by atoms with E-state index in [9.17, 15) is 0 Å². The Bertz CT molecular complexity index is 385. The first kappa shape index (κ1) is 17.0. The summed E-state index contributed by atoms with van der Waals surface area (Å²) in [6.07, 6.45) is 4.92. The largest absolute Gasteiger partial charge is 0.496 e. The van der Waals surface area contributed by atoms with Crippen molar-refractivity contribution in [2.75, 3.05) is 13.7 Å². The third kappa shape index (κ3) is 4.82. The van der Waals surface area contributed by atoms with Crippen molar-refractivity contribution in [3.05, 3.63) is 29.3 Å². The molecular formula is C18H31NO. The predicted octanol–water partition coefficient (Wildman–Crippen LogP) is 4.87.